The average Bonchev–Trinajstić information content (AvgIpc) is 3.11. The zero-order chi connectivity index (χ0) is 17.3. The molecular formula is C17H17N3O3S. The topological polar surface area (TPSA) is 70.6 Å². The number of imide groups is 2. The Kier molecular flexibility index (Phi) is 4.44. The molecule has 7 heteroatoms. The molecule has 1 fully saturated rings. The highest BCUT2D eigenvalue weighted by Gasteiger charge is 2.44. The van der Waals surface area contributed by atoms with Crippen molar-refractivity contribution >= 4 is 29.2 Å². The van der Waals surface area contributed by atoms with Crippen molar-refractivity contribution in [3.63, 3.8) is 0 Å². The first-order valence-corrected chi connectivity index (χ1v) is 8.58. The highest BCUT2D eigenvalue weighted by molar-refractivity contribution is 7.13. The summed E-state index contributed by atoms with van der Waals surface area (Å²) in [4.78, 5) is 42.5. The Labute approximate surface area is 143 Å². The molecule has 124 valence electrons. The summed E-state index contributed by atoms with van der Waals surface area (Å²) in [6.45, 7) is 4.14. The van der Waals surface area contributed by atoms with Gasteiger partial charge in [-0.1, -0.05) is 36.8 Å². The minimum Gasteiger partial charge on any atom is -0.263 e. The lowest BCUT2D eigenvalue weighted by atomic mass is 10.2. The van der Waals surface area contributed by atoms with Crippen LogP contribution in [0.4, 0.5) is 4.79 Å². The summed E-state index contributed by atoms with van der Waals surface area (Å²) < 4.78 is 0. The zero-order valence-corrected chi connectivity index (χ0v) is 14.3. The fourth-order valence-corrected chi connectivity index (χ4v) is 3.30. The second-order valence-corrected chi connectivity index (χ2v) is 6.50. The smallest absolute Gasteiger partial charge is 0.263 e. The Morgan fingerprint density at radius 3 is 2.38 bits per heavy atom. The molecule has 2 aromatic rings. The van der Waals surface area contributed by atoms with Crippen molar-refractivity contribution in [1.82, 2.24) is 14.8 Å². The van der Waals surface area contributed by atoms with E-state index >= 15 is 0 Å². The third-order valence-corrected chi connectivity index (χ3v) is 4.69. The molecule has 0 radical (unpaired) electrons. The molecule has 4 amide bonds. The van der Waals surface area contributed by atoms with E-state index in [4.69, 9.17) is 0 Å². The molecule has 0 aliphatic carbocycles. The number of benzene rings is 1. The highest BCUT2D eigenvalue weighted by Crippen LogP contribution is 2.25. The first kappa shape index (κ1) is 16.3. The van der Waals surface area contributed by atoms with Gasteiger partial charge in [-0.3, -0.25) is 14.5 Å². The van der Waals surface area contributed by atoms with Crippen LogP contribution in [0.3, 0.4) is 0 Å². The number of rotatable bonds is 5. The van der Waals surface area contributed by atoms with Gasteiger partial charge in [-0.2, -0.15) is 0 Å². The number of aromatic nitrogens is 1. The Morgan fingerprint density at radius 1 is 1.04 bits per heavy atom. The van der Waals surface area contributed by atoms with E-state index in [2.05, 4.69) is 4.98 Å². The molecule has 6 nitrogen and oxygen atoms in total. The molecule has 24 heavy (non-hydrogen) atoms. The van der Waals surface area contributed by atoms with Crippen LogP contribution < -0.4 is 0 Å². The van der Waals surface area contributed by atoms with Gasteiger partial charge < -0.3 is 0 Å². The Morgan fingerprint density at radius 2 is 1.71 bits per heavy atom. The molecule has 1 saturated heterocycles. The Bertz CT molecular complexity index is 798. The fraction of sp³-hybridized carbons (Fsp3) is 0.294. The molecule has 0 N–H and O–H groups in total. The number of nitrogens with zero attached hydrogens (tertiary/aromatic N) is 3. The summed E-state index contributed by atoms with van der Waals surface area (Å²) in [5, 5.41) is 2.63. The normalized spacial score (nSPS) is 14.8. The van der Waals surface area contributed by atoms with Crippen LogP contribution >= 0.6 is 11.3 Å². The van der Waals surface area contributed by atoms with Crippen molar-refractivity contribution < 1.29 is 14.4 Å². The van der Waals surface area contributed by atoms with Crippen LogP contribution in [-0.4, -0.2) is 39.2 Å². The van der Waals surface area contributed by atoms with Gasteiger partial charge in [0, 0.05) is 17.5 Å². The van der Waals surface area contributed by atoms with Crippen molar-refractivity contribution in [3.8, 4) is 10.6 Å². The van der Waals surface area contributed by atoms with Crippen molar-refractivity contribution in [3.05, 3.63) is 40.9 Å². The van der Waals surface area contributed by atoms with Crippen LogP contribution in [0.1, 0.15) is 24.6 Å². The van der Waals surface area contributed by atoms with Crippen LogP contribution in [0, 0.1) is 6.92 Å². The predicted molar refractivity (Wildman–Crippen MR) is 90.2 cm³/mol. The lowest BCUT2D eigenvalue weighted by Crippen LogP contribution is -2.33. The standard InChI is InChI=1S/C17H17N3O3S/c1-3-8-19-15(21)16(22)20(17(19)23)9-13-10-24-14(18-13)12-6-4-11(2)5-7-12/h4-7,10H,3,8-9H2,1-2H3. The van der Waals surface area contributed by atoms with Crippen LogP contribution in [0.15, 0.2) is 29.6 Å². The van der Waals surface area contributed by atoms with Gasteiger partial charge in [-0.25, -0.2) is 14.7 Å². The first-order chi connectivity index (χ1) is 11.5. The van der Waals surface area contributed by atoms with Gasteiger partial charge in [-0.05, 0) is 13.3 Å². The monoisotopic (exact) mass is 343 g/mol. The summed E-state index contributed by atoms with van der Waals surface area (Å²) in [6, 6.07) is 7.42. The number of carbonyl (C=O) groups excluding carboxylic acids is 3. The first-order valence-electron chi connectivity index (χ1n) is 7.70. The minimum atomic E-state index is -0.779. The van der Waals surface area contributed by atoms with Gasteiger partial charge in [0.2, 0.25) is 0 Å². The number of aryl methyl sites for hydroxylation is 1. The fourth-order valence-electron chi connectivity index (χ4n) is 2.48. The van der Waals surface area contributed by atoms with Crippen molar-refractivity contribution in [2.45, 2.75) is 26.8 Å². The Hall–Kier alpha value is -2.54. The van der Waals surface area contributed by atoms with Gasteiger partial charge in [0.05, 0.1) is 12.2 Å². The number of hydrogen-bond acceptors (Lipinski definition) is 5. The highest BCUT2D eigenvalue weighted by atomic mass is 32.1. The van der Waals surface area contributed by atoms with Crippen molar-refractivity contribution in [1.29, 1.82) is 0 Å². The maximum Gasteiger partial charge on any atom is 0.334 e. The number of urea groups is 1. The minimum absolute atomic E-state index is 0.0198. The molecule has 0 bridgehead atoms. The van der Waals surface area contributed by atoms with E-state index in [1.807, 2.05) is 43.5 Å². The SMILES string of the molecule is CCCN1C(=O)C(=O)N(Cc2csc(-c3ccc(C)cc3)n2)C1=O. The molecule has 2 heterocycles. The van der Waals surface area contributed by atoms with E-state index in [1.165, 1.54) is 16.9 Å². The van der Waals surface area contributed by atoms with Crippen LogP contribution in [0.5, 0.6) is 0 Å². The predicted octanol–water partition coefficient (Wildman–Crippen LogP) is 2.82. The average molecular weight is 343 g/mol. The molecule has 0 unspecified atom stereocenters. The number of amides is 4. The molecule has 3 rings (SSSR count). The van der Waals surface area contributed by atoms with Crippen LogP contribution in [-0.2, 0) is 16.1 Å². The molecule has 1 aliphatic heterocycles. The lowest BCUT2D eigenvalue weighted by molar-refractivity contribution is -0.143. The largest absolute Gasteiger partial charge is 0.334 e. The molecular weight excluding hydrogens is 326 g/mol. The van der Waals surface area contributed by atoms with E-state index < -0.39 is 17.8 Å². The third-order valence-electron chi connectivity index (χ3n) is 3.75. The van der Waals surface area contributed by atoms with E-state index in [0.29, 0.717) is 12.1 Å². The molecule has 1 aliphatic rings. The zero-order valence-electron chi connectivity index (χ0n) is 13.5. The maximum absolute atomic E-state index is 12.2. The summed E-state index contributed by atoms with van der Waals surface area (Å²) in [5.41, 5.74) is 2.75. The summed E-state index contributed by atoms with van der Waals surface area (Å²) in [5.74, 6) is -1.53. The summed E-state index contributed by atoms with van der Waals surface area (Å²) in [6.07, 6.45) is 0.618. The molecule has 1 aromatic carbocycles. The van der Waals surface area contributed by atoms with E-state index in [0.717, 1.165) is 20.4 Å². The third kappa shape index (κ3) is 2.94. The van der Waals surface area contributed by atoms with E-state index in [9.17, 15) is 14.4 Å². The van der Waals surface area contributed by atoms with Crippen molar-refractivity contribution in [2.24, 2.45) is 0 Å². The molecule has 0 atom stereocenters. The van der Waals surface area contributed by atoms with Crippen LogP contribution in [0.25, 0.3) is 10.6 Å². The number of hydrogen-bond donors (Lipinski definition) is 0. The van der Waals surface area contributed by atoms with E-state index in [1.54, 1.807) is 0 Å². The second kappa shape index (κ2) is 6.52. The molecule has 0 spiro atoms. The number of thiazole rings is 1. The van der Waals surface area contributed by atoms with Gasteiger partial charge in [-0.15, -0.1) is 11.3 Å². The second-order valence-electron chi connectivity index (χ2n) is 5.64. The molecule has 1 aromatic heterocycles. The maximum atomic E-state index is 12.2. The van der Waals surface area contributed by atoms with E-state index in [-0.39, 0.29) is 13.1 Å². The molecule has 0 saturated carbocycles. The van der Waals surface area contributed by atoms with Crippen molar-refractivity contribution in [2.75, 3.05) is 6.54 Å². The van der Waals surface area contributed by atoms with Gasteiger partial charge >= 0.3 is 17.8 Å². The Balaban J connectivity index is 1.77. The lowest BCUT2D eigenvalue weighted by Gasteiger charge is -2.13. The van der Waals surface area contributed by atoms with Crippen LogP contribution in [0.2, 0.25) is 0 Å². The van der Waals surface area contributed by atoms with Gasteiger partial charge in [0.25, 0.3) is 0 Å². The van der Waals surface area contributed by atoms with Gasteiger partial charge in [0.1, 0.15) is 5.01 Å². The summed E-state index contributed by atoms with van der Waals surface area (Å²) >= 11 is 1.45. The summed E-state index contributed by atoms with van der Waals surface area (Å²) in [7, 11) is 0. The number of carbonyl (C=O) groups is 3. The van der Waals surface area contributed by atoms with Gasteiger partial charge in [0.15, 0.2) is 0 Å². The quantitative estimate of drug-likeness (QED) is 0.618.